The summed E-state index contributed by atoms with van der Waals surface area (Å²) < 4.78 is 74.2. The Labute approximate surface area is 403 Å². The van der Waals surface area contributed by atoms with Gasteiger partial charge in [0.15, 0.2) is 23.0 Å². The zero-order valence-corrected chi connectivity index (χ0v) is 37.6. The third-order valence-corrected chi connectivity index (χ3v) is 8.50. The van der Waals surface area contributed by atoms with Crippen molar-refractivity contribution in [2.45, 2.75) is 6.92 Å². The molecule has 4 rings (SSSR count). The Morgan fingerprint density at radius 2 is 0.704 bits per heavy atom. The van der Waals surface area contributed by atoms with Crippen molar-refractivity contribution in [3.05, 3.63) is 147 Å². The maximum Gasteiger partial charge on any atom is 0.343 e. The second-order valence-corrected chi connectivity index (χ2v) is 13.1. The van der Waals surface area contributed by atoms with Crippen LogP contribution in [0, 0.1) is 6.92 Å². The molecule has 71 heavy (non-hydrogen) atoms. The van der Waals surface area contributed by atoms with Crippen molar-refractivity contribution in [2.24, 2.45) is 0 Å². The highest BCUT2D eigenvalue weighted by Crippen LogP contribution is 2.41. The van der Waals surface area contributed by atoms with Gasteiger partial charge in [-0.25, -0.2) is 38.4 Å². The summed E-state index contributed by atoms with van der Waals surface area (Å²) >= 11 is 0. The van der Waals surface area contributed by atoms with Crippen LogP contribution in [-0.4, -0.2) is 88.5 Å². The SMILES string of the molecule is C=CC(=O)OCOc1cc(C(=O)Oc2ccc3cc(OC(=O)c4cc(OCOC(=O)C=C)c(OCOC(=O)C=C)c(OCOC(=O)C=C)c4)c(C)cc3c2)cc(OCOC(=O)C=C)c1OCOC(=O)C=C. The predicted molar refractivity (Wildman–Crippen MR) is 242 cm³/mol. The van der Waals surface area contributed by atoms with Crippen LogP contribution < -0.4 is 37.9 Å². The molecule has 0 atom stereocenters. The summed E-state index contributed by atoms with van der Waals surface area (Å²) in [6.45, 7) is 17.1. The van der Waals surface area contributed by atoms with Crippen LogP contribution in [0.4, 0.5) is 0 Å². The van der Waals surface area contributed by atoms with Gasteiger partial charge in [-0.05, 0) is 71.8 Å². The van der Waals surface area contributed by atoms with Gasteiger partial charge in [-0.3, -0.25) is 0 Å². The average Bonchev–Trinajstić information content (AvgIpc) is 3.36. The summed E-state index contributed by atoms with van der Waals surface area (Å²) in [5, 5.41) is 1.02. The van der Waals surface area contributed by atoms with E-state index in [1.807, 2.05) is 0 Å². The maximum atomic E-state index is 13.8. The summed E-state index contributed by atoms with van der Waals surface area (Å²) in [5.74, 6) is -8.62. The molecule has 0 saturated heterocycles. The molecule has 0 aliphatic heterocycles. The van der Waals surface area contributed by atoms with Crippen molar-refractivity contribution < 1.29 is 105 Å². The number of benzene rings is 4. The van der Waals surface area contributed by atoms with E-state index < -0.39 is 88.5 Å². The lowest BCUT2D eigenvalue weighted by molar-refractivity contribution is -0.146. The van der Waals surface area contributed by atoms with E-state index in [4.69, 9.17) is 66.3 Å². The number of carbonyl (C=O) groups is 8. The number of rotatable bonds is 28. The van der Waals surface area contributed by atoms with Crippen molar-refractivity contribution in [1.82, 2.24) is 0 Å². The first-order chi connectivity index (χ1) is 34.1. The third-order valence-electron chi connectivity index (χ3n) is 8.50. The molecule has 0 heterocycles. The lowest BCUT2D eigenvalue weighted by atomic mass is 10.1. The molecule has 0 amide bonds. The van der Waals surface area contributed by atoms with Gasteiger partial charge in [0.1, 0.15) is 11.5 Å². The number of esters is 8. The first kappa shape index (κ1) is 53.8. The van der Waals surface area contributed by atoms with Crippen LogP contribution in [0.1, 0.15) is 26.3 Å². The zero-order chi connectivity index (χ0) is 51.9. The molecule has 0 radical (unpaired) electrons. The molecule has 0 N–H and O–H groups in total. The largest absolute Gasteiger partial charge is 0.453 e. The van der Waals surface area contributed by atoms with Crippen molar-refractivity contribution >= 4 is 58.5 Å². The normalized spacial score (nSPS) is 10.0. The Morgan fingerprint density at radius 3 is 1.04 bits per heavy atom. The quantitative estimate of drug-likeness (QED) is 0.0208. The summed E-state index contributed by atoms with van der Waals surface area (Å²) in [7, 11) is 0. The topological polar surface area (TPSA) is 266 Å². The standard InChI is InChI=1S/C49H42O22/c1-8-40(50)62-23-58-36-19-32(20-37(59-24-63-41(51)9-2)46(36)68-27-66-44(54)12-5)48(56)70-34-15-14-30-18-35(29(7)16-31(30)17-34)71-49(57)33-21-38(60-25-64-42(52)10-3)47(69-28-67-45(55)13-6)39(22-33)61-26-65-43(53)11-4/h8-22H,1-6,23-28H2,7H3. The fourth-order valence-electron chi connectivity index (χ4n) is 5.22. The van der Waals surface area contributed by atoms with Gasteiger partial charge in [0, 0.05) is 36.5 Å². The number of aryl methyl sites for hydroxylation is 1. The maximum absolute atomic E-state index is 13.8. The highest BCUT2D eigenvalue weighted by atomic mass is 16.7. The lowest BCUT2D eigenvalue weighted by Gasteiger charge is -2.18. The highest BCUT2D eigenvalue weighted by Gasteiger charge is 2.24. The Bertz CT molecular complexity index is 2660. The van der Waals surface area contributed by atoms with E-state index in [1.165, 1.54) is 18.2 Å². The number of hydrogen-bond donors (Lipinski definition) is 0. The molecular weight excluding hydrogens is 941 g/mol. The van der Waals surface area contributed by atoms with Gasteiger partial charge >= 0.3 is 47.8 Å². The van der Waals surface area contributed by atoms with Crippen molar-refractivity contribution in [3.8, 4) is 46.0 Å². The summed E-state index contributed by atoms with van der Waals surface area (Å²) in [6.07, 6.45) is 5.26. The number of ether oxygens (including phenoxy) is 14. The van der Waals surface area contributed by atoms with Crippen LogP contribution in [0.15, 0.2) is 131 Å². The van der Waals surface area contributed by atoms with Gasteiger partial charge < -0.3 is 66.3 Å². The summed E-state index contributed by atoms with van der Waals surface area (Å²) in [4.78, 5) is 97.8. The van der Waals surface area contributed by atoms with Crippen molar-refractivity contribution in [2.75, 3.05) is 40.8 Å². The fraction of sp³-hybridized carbons (Fsp3) is 0.143. The molecule has 22 nitrogen and oxygen atoms in total. The molecule has 22 heteroatoms. The fourth-order valence-corrected chi connectivity index (χ4v) is 5.22. The third kappa shape index (κ3) is 16.5. The first-order valence-corrected chi connectivity index (χ1v) is 20.0. The monoisotopic (exact) mass is 982 g/mol. The van der Waals surface area contributed by atoms with Crippen molar-refractivity contribution in [3.63, 3.8) is 0 Å². The zero-order valence-electron chi connectivity index (χ0n) is 37.6. The molecule has 0 bridgehead atoms. The second-order valence-electron chi connectivity index (χ2n) is 13.1. The van der Waals surface area contributed by atoms with E-state index in [1.54, 1.807) is 19.1 Å². The van der Waals surface area contributed by atoms with E-state index in [0.29, 0.717) is 16.3 Å². The van der Waals surface area contributed by atoms with Crippen LogP contribution in [0.5, 0.6) is 46.0 Å². The van der Waals surface area contributed by atoms with E-state index >= 15 is 0 Å². The van der Waals surface area contributed by atoms with Crippen LogP contribution >= 0.6 is 0 Å². The number of hydrogen-bond acceptors (Lipinski definition) is 22. The van der Waals surface area contributed by atoms with E-state index in [-0.39, 0.29) is 57.1 Å². The van der Waals surface area contributed by atoms with Crippen LogP contribution in [0.25, 0.3) is 10.8 Å². The Morgan fingerprint density at radius 1 is 0.380 bits per heavy atom. The van der Waals surface area contributed by atoms with E-state index in [0.717, 1.165) is 60.7 Å². The number of carbonyl (C=O) groups excluding carboxylic acids is 8. The van der Waals surface area contributed by atoms with E-state index in [9.17, 15) is 38.4 Å². The van der Waals surface area contributed by atoms with E-state index in [2.05, 4.69) is 39.5 Å². The lowest BCUT2D eigenvalue weighted by Crippen LogP contribution is -2.15. The Balaban J connectivity index is 1.65. The first-order valence-electron chi connectivity index (χ1n) is 20.0. The molecule has 370 valence electrons. The second kappa shape index (κ2) is 27.1. The van der Waals surface area contributed by atoms with Crippen LogP contribution in [0.2, 0.25) is 0 Å². The van der Waals surface area contributed by atoms with Gasteiger partial charge in [-0.15, -0.1) is 0 Å². The van der Waals surface area contributed by atoms with Gasteiger partial charge in [0.2, 0.25) is 52.3 Å². The van der Waals surface area contributed by atoms with Gasteiger partial charge in [0.05, 0.1) is 11.1 Å². The van der Waals surface area contributed by atoms with Gasteiger partial charge in [0.25, 0.3) is 0 Å². The molecule has 0 fully saturated rings. The van der Waals surface area contributed by atoms with Crippen LogP contribution in [-0.2, 0) is 57.2 Å². The molecule has 0 aliphatic rings. The molecule has 0 aromatic heterocycles. The Kier molecular flexibility index (Phi) is 20.5. The van der Waals surface area contributed by atoms with Crippen LogP contribution in [0.3, 0.4) is 0 Å². The average molecular weight is 983 g/mol. The molecule has 0 aliphatic carbocycles. The molecule has 0 saturated carbocycles. The summed E-state index contributed by atoms with van der Waals surface area (Å²) in [5.41, 5.74) is -0.0145. The molecule has 0 spiro atoms. The molecular formula is C49H42O22. The van der Waals surface area contributed by atoms with Gasteiger partial charge in [-0.2, -0.15) is 0 Å². The van der Waals surface area contributed by atoms with Crippen molar-refractivity contribution in [1.29, 1.82) is 0 Å². The van der Waals surface area contributed by atoms with Gasteiger partial charge in [-0.1, -0.05) is 45.5 Å². The molecule has 4 aromatic carbocycles. The Hall–Kier alpha value is -9.86. The number of fused-ring (bicyclic) bond motifs is 1. The minimum atomic E-state index is -0.976. The predicted octanol–water partition coefficient (Wildman–Crippen LogP) is 5.98. The highest BCUT2D eigenvalue weighted by molar-refractivity contribution is 5.96. The minimum Gasteiger partial charge on any atom is -0.453 e. The summed E-state index contributed by atoms with van der Waals surface area (Å²) in [6, 6.07) is 12.2. The molecule has 4 aromatic rings. The smallest absolute Gasteiger partial charge is 0.343 e. The molecule has 0 unspecified atom stereocenters. The minimum absolute atomic E-state index is 0.0345.